The van der Waals surface area contributed by atoms with Crippen molar-refractivity contribution >= 4 is 21.8 Å². The van der Waals surface area contributed by atoms with Gasteiger partial charge in [0.2, 0.25) is 21.8 Å². The van der Waals surface area contributed by atoms with Crippen LogP contribution < -0.4 is 9.62 Å². The monoisotopic (exact) mass is 497 g/mol. The van der Waals surface area contributed by atoms with Gasteiger partial charge < -0.3 is 14.5 Å². The molecule has 0 saturated heterocycles. The van der Waals surface area contributed by atoms with Gasteiger partial charge in [-0.3, -0.25) is 4.31 Å². The largest absolute Gasteiger partial charge is 0.444 e. The normalized spacial score (nSPS) is 12.5. The van der Waals surface area contributed by atoms with Gasteiger partial charge in [-0.2, -0.15) is 5.26 Å². The Hall–Kier alpha value is -3.91. The highest BCUT2D eigenvalue weighted by Crippen LogP contribution is 2.33. The predicted octanol–water partition coefficient (Wildman–Crippen LogP) is 4.26. The lowest BCUT2D eigenvalue weighted by Gasteiger charge is -2.20. The summed E-state index contributed by atoms with van der Waals surface area (Å²) in [5, 5.41) is 20.3. The van der Waals surface area contributed by atoms with Gasteiger partial charge in [0.15, 0.2) is 0 Å². The van der Waals surface area contributed by atoms with E-state index in [4.69, 9.17) is 9.15 Å². The minimum atomic E-state index is -3.57. The molecule has 0 aliphatic carbocycles. The van der Waals surface area contributed by atoms with Crippen molar-refractivity contribution in [3.8, 4) is 28.7 Å². The molecule has 1 amide bonds. The third-order valence-electron chi connectivity index (χ3n) is 4.93. The third-order valence-corrected chi connectivity index (χ3v) is 6.13. The van der Waals surface area contributed by atoms with E-state index in [0.29, 0.717) is 27.9 Å². The van der Waals surface area contributed by atoms with E-state index in [0.717, 1.165) is 10.6 Å². The van der Waals surface area contributed by atoms with Gasteiger partial charge in [-0.1, -0.05) is 18.2 Å². The first-order valence-corrected chi connectivity index (χ1v) is 12.5. The summed E-state index contributed by atoms with van der Waals surface area (Å²) < 4.78 is 36.6. The smallest absolute Gasteiger partial charge is 0.408 e. The number of carbonyl (C=O) groups is 1. The number of rotatable bonds is 6. The number of alkyl carbamates (subject to hydrolysis) is 1. The second-order valence-electron chi connectivity index (χ2n) is 8.97. The zero-order valence-corrected chi connectivity index (χ0v) is 21.2. The lowest BCUT2D eigenvalue weighted by molar-refractivity contribution is 0.0501. The average molecular weight is 498 g/mol. The van der Waals surface area contributed by atoms with E-state index in [1.165, 1.54) is 7.05 Å². The SMILES string of the molecule is CC(NC(=O)OC(C)(C)C)c1nnc(-c2cc(-c3ccccc3C#N)cc(N(C)S(C)(=O)=O)c2)o1. The first-order valence-electron chi connectivity index (χ1n) is 10.7. The summed E-state index contributed by atoms with van der Waals surface area (Å²) in [7, 11) is -2.13. The highest BCUT2D eigenvalue weighted by Gasteiger charge is 2.23. The molecule has 3 rings (SSSR count). The first kappa shape index (κ1) is 25.7. The highest BCUT2D eigenvalue weighted by atomic mass is 32.2. The van der Waals surface area contributed by atoms with Crippen LogP contribution in [0.3, 0.4) is 0 Å². The number of nitrogens with one attached hydrogen (secondary N) is 1. The van der Waals surface area contributed by atoms with E-state index in [-0.39, 0.29) is 11.8 Å². The maximum absolute atomic E-state index is 12.2. The van der Waals surface area contributed by atoms with Crippen LogP contribution in [0, 0.1) is 11.3 Å². The van der Waals surface area contributed by atoms with Crippen LogP contribution in [0.4, 0.5) is 10.5 Å². The molecular formula is C24H27N5O5S. The number of anilines is 1. The van der Waals surface area contributed by atoms with Gasteiger partial charge in [0, 0.05) is 12.6 Å². The molecule has 3 aromatic rings. The number of carbonyl (C=O) groups excluding carboxylic acids is 1. The number of ether oxygens (including phenoxy) is 1. The minimum Gasteiger partial charge on any atom is -0.444 e. The summed E-state index contributed by atoms with van der Waals surface area (Å²) in [6, 6.07) is 13.5. The maximum Gasteiger partial charge on any atom is 0.408 e. The minimum absolute atomic E-state index is 0.122. The van der Waals surface area contributed by atoms with Crippen molar-refractivity contribution in [3.63, 3.8) is 0 Å². The number of aromatic nitrogens is 2. The zero-order valence-electron chi connectivity index (χ0n) is 20.4. The fourth-order valence-corrected chi connectivity index (χ4v) is 3.66. The van der Waals surface area contributed by atoms with Crippen LogP contribution in [-0.4, -0.2) is 43.6 Å². The lowest BCUT2D eigenvalue weighted by atomic mass is 9.98. The molecular weight excluding hydrogens is 470 g/mol. The molecule has 1 N–H and O–H groups in total. The molecule has 1 unspecified atom stereocenters. The van der Waals surface area contributed by atoms with E-state index in [1.54, 1.807) is 70.2 Å². The number of hydrogen-bond acceptors (Lipinski definition) is 8. The summed E-state index contributed by atoms with van der Waals surface area (Å²) in [6.45, 7) is 6.93. The van der Waals surface area contributed by atoms with Crippen molar-refractivity contribution in [2.75, 3.05) is 17.6 Å². The van der Waals surface area contributed by atoms with E-state index < -0.39 is 27.8 Å². The van der Waals surface area contributed by atoms with E-state index in [1.807, 2.05) is 0 Å². The van der Waals surface area contributed by atoms with Gasteiger partial charge in [-0.05, 0) is 63.1 Å². The van der Waals surface area contributed by atoms with E-state index in [2.05, 4.69) is 21.6 Å². The van der Waals surface area contributed by atoms with Crippen molar-refractivity contribution in [3.05, 3.63) is 53.9 Å². The second-order valence-corrected chi connectivity index (χ2v) is 11.0. The molecule has 1 aromatic heterocycles. The average Bonchev–Trinajstić information content (AvgIpc) is 3.27. The number of nitriles is 1. The maximum atomic E-state index is 12.2. The Morgan fingerprint density at radius 3 is 2.46 bits per heavy atom. The molecule has 35 heavy (non-hydrogen) atoms. The quantitative estimate of drug-likeness (QED) is 0.533. The zero-order chi connectivity index (χ0) is 26.0. The molecule has 184 valence electrons. The third kappa shape index (κ3) is 6.36. The number of hydrogen-bond donors (Lipinski definition) is 1. The molecule has 0 radical (unpaired) electrons. The number of amides is 1. The molecule has 0 bridgehead atoms. The van der Waals surface area contributed by atoms with Crippen LogP contribution in [-0.2, 0) is 14.8 Å². The number of nitrogens with zero attached hydrogens (tertiary/aromatic N) is 4. The summed E-state index contributed by atoms with van der Waals surface area (Å²) in [6.07, 6.45) is 0.467. The number of benzene rings is 2. The molecule has 0 fully saturated rings. The van der Waals surface area contributed by atoms with Gasteiger partial charge in [-0.25, -0.2) is 13.2 Å². The van der Waals surface area contributed by atoms with Gasteiger partial charge in [-0.15, -0.1) is 10.2 Å². The van der Waals surface area contributed by atoms with Crippen LogP contribution in [0.5, 0.6) is 0 Å². The van der Waals surface area contributed by atoms with Crippen LogP contribution in [0.15, 0.2) is 46.9 Å². The second kappa shape index (κ2) is 9.76. The Morgan fingerprint density at radius 1 is 1.17 bits per heavy atom. The van der Waals surface area contributed by atoms with Crippen molar-refractivity contribution in [2.24, 2.45) is 0 Å². The van der Waals surface area contributed by atoms with Crippen molar-refractivity contribution < 1.29 is 22.4 Å². The molecule has 1 atom stereocenters. The molecule has 0 aliphatic rings. The highest BCUT2D eigenvalue weighted by molar-refractivity contribution is 7.92. The summed E-state index contributed by atoms with van der Waals surface area (Å²) in [4.78, 5) is 12.1. The lowest BCUT2D eigenvalue weighted by Crippen LogP contribution is -2.34. The van der Waals surface area contributed by atoms with Crippen molar-refractivity contribution in [2.45, 2.75) is 39.3 Å². The Labute approximate surface area is 204 Å². The standard InChI is InChI=1S/C24H27N5O5S/c1-15(26-23(30)34-24(2,3)4)21-27-28-22(33-21)18-11-17(20-10-8-7-9-16(20)14-25)12-19(13-18)29(5)35(6,31)32/h7-13,15H,1-6H3,(H,26,30). The van der Waals surface area contributed by atoms with E-state index >= 15 is 0 Å². The van der Waals surface area contributed by atoms with Gasteiger partial charge in [0.1, 0.15) is 11.6 Å². The Balaban J connectivity index is 2.03. The van der Waals surface area contributed by atoms with Gasteiger partial charge in [0.05, 0.1) is 23.6 Å². The van der Waals surface area contributed by atoms with Crippen LogP contribution in [0.1, 0.15) is 45.2 Å². The van der Waals surface area contributed by atoms with Gasteiger partial charge in [0.25, 0.3) is 0 Å². The molecule has 0 spiro atoms. The number of sulfonamides is 1. The summed E-state index contributed by atoms with van der Waals surface area (Å²) in [5.41, 5.74) is 1.80. The fraction of sp³-hybridized carbons (Fsp3) is 0.333. The van der Waals surface area contributed by atoms with Crippen molar-refractivity contribution in [1.29, 1.82) is 5.26 Å². The fourth-order valence-electron chi connectivity index (χ4n) is 3.17. The Kier molecular flexibility index (Phi) is 7.17. The molecule has 2 aromatic carbocycles. The Morgan fingerprint density at radius 2 is 1.83 bits per heavy atom. The molecule has 0 saturated carbocycles. The summed E-state index contributed by atoms with van der Waals surface area (Å²) >= 11 is 0. The predicted molar refractivity (Wildman–Crippen MR) is 131 cm³/mol. The topological polar surface area (TPSA) is 138 Å². The molecule has 10 nitrogen and oxygen atoms in total. The Bertz CT molecular complexity index is 1390. The summed E-state index contributed by atoms with van der Waals surface area (Å²) in [5.74, 6) is 0.268. The molecule has 11 heteroatoms. The van der Waals surface area contributed by atoms with Crippen LogP contribution >= 0.6 is 0 Å². The van der Waals surface area contributed by atoms with Gasteiger partial charge >= 0.3 is 6.09 Å². The van der Waals surface area contributed by atoms with Crippen molar-refractivity contribution in [1.82, 2.24) is 15.5 Å². The molecule has 0 aliphatic heterocycles. The first-order chi connectivity index (χ1) is 16.3. The molecule has 1 heterocycles. The van der Waals surface area contributed by atoms with Crippen LogP contribution in [0.2, 0.25) is 0 Å². The van der Waals surface area contributed by atoms with E-state index in [9.17, 15) is 18.5 Å². The van der Waals surface area contributed by atoms with Crippen LogP contribution in [0.25, 0.3) is 22.6 Å².